The van der Waals surface area contributed by atoms with Crippen LogP contribution in [0.1, 0.15) is 303 Å². The fourth-order valence-corrected chi connectivity index (χ4v) is 9.14. The zero-order valence-corrected chi connectivity index (χ0v) is 52.8. The minimum atomic E-state index is -0.803. The molecule has 0 aliphatic rings. The Morgan fingerprint density at radius 1 is 0.259 bits per heavy atom. The van der Waals surface area contributed by atoms with Crippen LogP contribution in [-0.2, 0) is 28.6 Å². The van der Waals surface area contributed by atoms with Crippen LogP contribution in [0.25, 0.3) is 0 Å². The number of esters is 3. The lowest BCUT2D eigenvalue weighted by Gasteiger charge is -2.18. The summed E-state index contributed by atoms with van der Waals surface area (Å²) in [6.07, 6.45) is 96.1. The predicted octanol–water partition coefficient (Wildman–Crippen LogP) is 23.3. The maximum absolute atomic E-state index is 12.9. The Hall–Kier alpha value is -4.45. The summed E-state index contributed by atoms with van der Waals surface area (Å²) in [5.41, 5.74) is 0. The van der Waals surface area contributed by atoms with Crippen molar-refractivity contribution in [2.75, 3.05) is 13.2 Å². The van der Waals surface area contributed by atoms with Crippen LogP contribution in [0.5, 0.6) is 0 Å². The quantitative estimate of drug-likeness (QED) is 0.0261. The lowest BCUT2D eigenvalue weighted by Crippen LogP contribution is -2.30. The van der Waals surface area contributed by atoms with Crippen molar-refractivity contribution in [3.05, 3.63) is 134 Å². The fourth-order valence-electron chi connectivity index (χ4n) is 9.14. The average molecular weight is 1120 g/mol. The summed E-state index contributed by atoms with van der Waals surface area (Å²) < 4.78 is 16.9. The first-order chi connectivity index (χ1) is 40.0. The predicted molar refractivity (Wildman–Crippen MR) is 353 cm³/mol. The third kappa shape index (κ3) is 66.2. The van der Waals surface area contributed by atoms with Gasteiger partial charge >= 0.3 is 17.9 Å². The number of rotatable bonds is 60. The third-order valence-electron chi connectivity index (χ3n) is 14.1. The molecular formula is C75H124O6. The van der Waals surface area contributed by atoms with Gasteiger partial charge in [0.2, 0.25) is 0 Å². The second-order valence-corrected chi connectivity index (χ2v) is 22.0. The second-order valence-electron chi connectivity index (χ2n) is 22.0. The SMILES string of the molecule is CC/C=C\C/C=C\C/C=C\C/C=C\C/C=C\CCCCCCCCCC(=O)OC(COC(=O)CCCCC/C=C\C/C=C\C/C=C\CC)COC(=O)CCCCCCCCCCCCCC/C=C\C/C=C\C/C=C\CCCCCCC. The molecule has 6 nitrogen and oxygen atoms in total. The van der Waals surface area contributed by atoms with Crippen molar-refractivity contribution in [1.29, 1.82) is 0 Å². The van der Waals surface area contributed by atoms with Gasteiger partial charge in [-0.1, -0.05) is 283 Å². The molecule has 0 aliphatic carbocycles. The van der Waals surface area contributed by atoms with Gasteiger partial charge in [-0.05, 0) is 135 Å². The first-order valence-corrected chi connectivity index (χ1v) is 33.7. The van der Waals surface area contributed by atoms with E-state index in [4.69, 9.17) is 14.2 Å². The molecule has 6 heteroatoms. The van der Waals surface area contributed by atoms with E-state index in [1.165, 1.54) is 122 Å². The summed E-state index contributed by atoms with van der Waals surface area (Å²) in [5, 5.41) is 0. The van der Waals surface area contributed by atoms with Crippen LogP contribution in [0, 0.1) is 0 Å². The molecule has 0 radical (unpaired) electrons. The van der Waals surface area contributed by atoms with Gasteiger partial charge in [0.25, 0.3) is 0 Å². The molecule has 0 N–H and O–H groups in total. The molecule has 0 saturated carbocycles. The molecule has 0 rings (SSSR count). The molecule has 0 aromatic carbocycles. The number of unbranched alkanes of at least 4 members (excludes halogenated alkanes) is 27. The zero-order chi connectivity index (χ0) is 58.5. The number of carbonyl (C=O) groups excluding carboxylic acids is 3. The van der Waals surface area contributed by atoms with Crippen LogP contribution < -0.4 is 0 Å². The molecule has 0 bridgehead atoms. The van der Waals surface area contributed by atoms with E-state index in [2.05, 4.69) is 154 Å². The summed E-state index contributed by atoms with van der Waals surface area (Å²) in [6.45, 7) is 6.38. The highest BCUT2D eigenvalue weighted by Crippen LogP contribution is 2.16. The van der Waals surface area contributed by atoms with Crippen molar-refractivity contribution in [3.63, 3.8) is 0 Å². The van der Waals surface area contributed by atoms with Crippen LogP contribution in [0.15, 0.2) is 134 Å². The molecular weight excluding hydrogens is 997 g/mol. The van der Waals surface area contributed by atoms with E-state index < -0.39 is 6.10 Å². The first-order valence-electron chi connectivity index (χ1n) is 33.7. The Kier molecular flexibility index (Phi) is 64.3. The van der Waals surface area contributed by atoms with Gasteiger partial charge in [-0.15, -0.1) is 0 Å². The summed E-state index contributed by atoms with van der Waals surface area (Å²) in [5.74, 6) is -0.935. The second kappa shape index (κ2) is 68.1. The third-order valence-corrected chi connectivity index (χ3v) is 14.1. The minimum absolute atomic E-state index is 0.0961. The minimum Gasteiger partial charge on any atom is -0.462 e. The Morgan fingerprint density at radius 2 is 0.481 bits per heavy atom. The molecule has 81 heavy (non-hydrogen) atoms. The molecule has 1 unspecified atom stereocenters. The maximum Gasteiger partial charge on any atom is 0.306 e. The lowest BCUT2D eigenvalue weighted by atomic mass is 10.0. The van der Waals surface area contributed by atoms with Crippen LogP contribution in [-0.4, -0.2) is 37.2 Å². The van der Waals surface area contributed by atoms with Crippen LogP contribution >= 0.6 is 0 Å². The molecule has 0 aromatic heterocycles. The Labute approximate surface area is 500 Å². The van der Waals surface area contributed by atoms with Gasteiger partial charge in [-0.25, -0.2) is 0 Å². The van der Waals surface area contributed by atoms with Gasteiger partial charge < -0.3 is 14.2 Å². The Morgan fingerprint density at radius 3 is 0.765 bits per heavy atom. The van der Waals surface area contributed by atoms with Crippen molar-refractivity contribution in [2.45, 2.75) is 309 Å². The van der Waals surface area contributed by atoms with Crippen molar-refractivity contribution in [2.24, 2.45) is 0 Å². The summed E-state index contributed by atoms with van der Waals surface area (Å²) >= 11 is 0. The number of ether oxygens (including phenoxy) is 3. The van der Waals surface area contributed by atoms with Crippen molar-refractivity contribution < 1.29 is 28.6 Å². The normalized spacial score (nSPS) is 13.0. The molecule has 1 atom stereocenters. The highest BCUT2D eigenvalue weighted by Gasteiger charge is 2.19. The number of hydrogen-bond donors (Lipinski definition) is 0. The summed E-state index contributed by atoms with van der Waals surface area (Å²) in [7, 11) is 0. The van der Waals surface area contributed by atoms with E-state index in [0.717, 1.165) is 141 Å². The largest absolute Gasteiger partial charge is 0.462 e. The van der Waals surface area contributed by atoms with Crippen molar-refractivity contribution in [1.82, 2.24) is 0 Å². The molecule has 0 spiro atoms. The van der Waals surface area contributed by atoms with Gasteiger partial charge in [0.05, 0.1) is 0 Å². The van der Waals surface area contributed by atoms with E-state index in [1.807, 2.05) is 0 Å². The highest BCUT2D eigenvalue weighted by molar-refractivity contribution is 5.71. The highest BCUT2D eigenvalue weighted by atomic mass is 16.6. The standard InChI is InChI=1S/C75H124O6/c1-4-7-10-13-16-19-22-25-27-29-31-33-35-36-37-38-40-41-43-45-47-50-53-56-59-62-65-68-74(77)80-71-72(70-79-73(76)67-64-61-58-55-52-49-24-21-18-15-12-9-6-3)81-75(78)69-66-63-60-57-54-51-48-46-44-42-39-34-32-30-28-26-23-20-17-14-11-8-5-2/h8-9,11-12,17-18,20-22,25-26,28-29,31-32,34-36,42,44,49,52,72H,4-7,10,13-16,19,23-24,27,30,33,37-41,43,45-48,50-51,53-71H2,1-3H3/b11-8-,12-9-,20-17-,21-18-,25-22-,28-26-,31-29-,34-32-,36-35-,44-42-,52-49-. The molecule has 0 saturated heterocycles. The summed E-state index contributed by atoms with van der Waals surface area (Å²) in [4.78, 5) is 38.4. The van der Waals surface area contributed by atoms with Gasteiger partial charge in [0.1, 0.15) is 13.2 Å². The smallest absolute Gasteiger partial charge is 0.306 e. The van der Waals surface area contributed by atoms with Crippen LogP contribution in [0.2, 0.25) is 0 Å². The monoisotopic (exact) mass is 1120 g/mol. The molecule has 0 amide bonds. The Bertz CT molecular complexity index is 1720. The zero-order valence-electron chi connectivity index (χ0n) is 52.8. The van der Waals surface area contributed by atoms with E-state index in [-0.39, 0.29) is 31.1 Å². The number of allylic oxidation sites excluding steroid dienone is 22. The van der Waals surface area contributed by atoms with Crippen molar-refractivity contribution in [3.8, 4) is 0 Å². The van der Waals surface area contributed by atoms with Gasteiger partial charge in [0, 0.05) is 19.3 Å². The Balaban J connectivity index is 4.35. The van der Waals surface area contributed by atoms with E-state index in [1.54, 1.807) is 0 Å². The molecule has 0 aromatic rings. The average Bonchev–Trinajstić information content (AvgIpc) is 3.46. The maximum atomic E-state index is 12.9. The molecule has 0 heterocycles. The molecule has 0 fully saturated rings. The number of carbonyl (C=O) groups is 3. The molecule has 460 valence electrons. The first kappa shape index (κ1) is 76.5. The van der Waals surface area contributed by atoms with Crippen LogP contribution in [0.4, 0.5) is 0 Å². The summed E-state index contributed by atoms with van der Waals surface area (Å²) in [6, 6.07) is 0. The molecule has 0 aliphatic heterocycles. The topological polar surface area (TPSA) is 78.9 Å². The van der Waals surface area contributed by atoms with E-state index >= 15 is 0 Å². The van der Waals surface area contributed by atoms with Gasteiger partial charge in [-0.3, -0.25) is 14.4 Å². The van der Waals surface area contributed by atoms with Crippen molar-refractivity contribution >= 4 is 17.9 Å². The van der Waals surface area contributed by atoms with Gasteiger partial charge in [0.15, 0.2) is 6.10 Å². The van der Waals surface area contributed by atoms with E-state index in [9.17, 15) is 14.4 Å². The fraction of sp³-hybridized carbons (Fsp3) is 0.667. The van der Waals surface area contributed by atoms with E-state index in [0.29, 0.717) is 19.3 Å². The number of hydrogen-bond acceptors (Lipinski definition) is 6. The van der Waals surface area contributed by atoms with Crippen LogP contribution in [0.3, 0.4) is 0 Å². The lowest BCUT2D eigenvalue weighted by molar-refractivity contribution is -0.167. The van der Waals surface area contributed by atoms with Gasteiger partial charge in [-0.2, -0.15) is 0 Å².